The van der Waals surface area contributed by atoms with E-state index < -0.39 is 12.0 Å². The third kappa shape index (κ3) is 4.44. The Morgan fingerprint density at radius 1 is 1.00 bits per heavy atom. The summed E-state index contributed by atoms with van der Waals surface area (Å²) in [5.41, 5.74) is 2.62. The molecular weight excluding hydrogens is 434 g/mol. The van der Waals surface area contributed by atoms with Crippen LogP contribution in [0.3, 0.4) is 0 Å². The van der Waals surface area contributed by atoms with E-state index in [4.69, 9.17) is 24.4 Å². The summed E-state index contributed by atoms with van der Waals surface area (Å²) in [4.78, 5) is 26.2. The van der Waals surface area contributed by atoms with Crippen LogP contribution in [0.1, 0.15) is 29.6 Å². The number of benzene rings is 2. The molecule has 3 aromatic rings. The van der Waals surface area contributed by atoms with Gasteiger partial charge < -0.3 is 15.3 Å². The SMILES string of the molecule is O=C(Nc1cccc(-n2c(=S)[nH][nH]c2=S)c1)c1ccc(N2CCCCC2C(=O)O)cc1. The van der Waals surface area contributed by atoms with E-state index >= 15 is 0 Å². The van der Waals surface area contributed by atoms with E-state index in [0.29, 0.717) is 33.8 Å². The molecule has 0 aliphatic carbocycles. The van der Waals surface area contributed by atoms with E-state index in [1.165, 1.54) is 0 Å². The number of aromatic nitrogens is 3. The highest BCUT2D eigenvalue weighted by Gasteiger charge is 2.28. The second-order valence-electron chi connectivity index (χ2n) is 7.29. The van der Waals surface area contributed by atoms with Gasteiger partial charge in [-0.2, -0.15) is 0 Å². The molecule has 1 unspecified atom stereocenters. The maximum Gasteiger partial charge on any atom is 0.326 e. The summed E-state index contributed by atoms with van der Waals surface area (Å²) in [6.07, 6.45) is 2.49. The van der Waals surface area contributed by atoms with Crippen molar-refractivity contribution in [1.29, 1.82) is 0 Å². The summed E-state index contributed by atoms with van der Waals surface area (Å²) >= 11 is 10.5. The highest BCUT2D eigenvalue weighted by atomic mass is 32.1. The fourth-order valence-electron chi connectivity index (χ4n) is 3.77. The van der Waals surface area contributed by atoms with Gasteiger partial charge >= 0.3 is 5.97 Å². The molecule has 4 N–H and O–H groups in total. The van der Waals surface area contributed by atoms with Gasteiger partial charge in [-0.05, 0) is 86.2 Å². The number of hydrogen-bond acceptors (Lipinski definition) is 5. The Labute approximate surface area is 188 Å². The molecule has 31 heavy (non-hydrogen) atoms. The molecule has 0 spiro atoms. The van der Waals surface area contributed by atoms with Gasteiger partial charge in [-0.1, -0.05) is 6.07 Å². The first-order valence-electron chi connectivity index (χ1n) is 9.85. The van der Waals surface area contributed by atoms with Gasteiger partial charge in [0.2, 0.25) is 0 Å². The Hall–Kier alpha value is -3.24. The number of amides is 1. The Balaban J connectivity index is 1.51. The summed E-state index contributed by atoms with van der Waals surface area (Å²) in [6.45, 7) is 0.694. The van der Waals surface area contributed by atoms with Crippen molar-refractivity contribution in [3.63, 3.8) is 0 Å². The number of carbonyl (C=O) groups excluding carboxylic acids is 1. The normalized spacial score (nSPS) is 16.1. The number of piperidine rings is 1. The van der Waals surface area contributed by atoms with Gasteiger partial charge in [0.15, 0.2) is 9.54 Å². The second kappa shape index (κ2) is 8.86. The zero-order chi connectivity index (χ0) is 22.0. The third-order valence-electron chi connectivity index (χ3n) is 5.29. The van der Waals surface area contributed by atoms with Crippen LogP contribution in [0.5, 0.6) is 0 Å². The van der Waals surface area contributed by atoms with Crippen molar-refractivity contribution in [2.75, 3.05) is 16.8 Å². The molecule has 1 saturated heterocycles. The number of H-pyrrole nitrogens is 2. The molecule has 1 aliphatic heterocycles. The van der Waals surface area contributed by atoms with Crippen molar-refractivity contribution < 1.29 is 14.7 Å². The minimum absolute atomic E-state index is 0.264. The van der Waals surface area contributed by atoms with Crippen LogP contribution in [0.15, 0.2) is 48.5 Å². The predicted octanol–water partition coefficient (Wildman–Crippen LogP) is 4.29. The molecule has 8 nitrogen and oxygen atoms in total. The molecule has 0 bridgehead atoms. The molecule has 1 atom stereocenters. The van der Waals surface area contributed by atoms with Crippen molar-refractivity contribution >= 4 is 47.7 Å². The number of anilines is 2. The van der Waals surface area contributed by atoms with E-state index in [-0.39, 0.29) is 5.91 Å². The smallest absolute Gasteiger partial charge is 0.326 e. The quantitative estimate of drug-likeness (QED) is 0.428. The molecule has 2 heterocycles. The lowest BCUT2D eigenvalue weighted by molar-refractivity contribution is -0.139. The highest BCUT2D eigenvalue weighted by molar-refractivity contribution is 7.72. The standard InChI is InChI=1S/C21H21N5O3S2/c27-18(22-14-4-3-5-16(12-14)26-20(30)23-24-21(26)31)13-7-9-15(10-8-13)25-11-2-1-6-17(25)19(28)29/h3-5,7-10,12,17H,1-2,6,11H2,(H,22,27)(H,23,30)(H,24,31)(H,28,29). The number of aromatic amines is 2. The van der Waals surface area contributed by atoms with Crippen LogP contribution in [-0.2, 0) is 4.79 Å². The minimum atomic E-state index is -0.816. The van der Waals surface area contributed by atoms with Crippen LogP contribution >= 0.6 is 24.4 Å². The largest absolute Gasteiger partial charge is 0.480 e. The number of hydrogen-bond donors (Lipinski definition) is 4. The van der Waals surface area contributed by atoms with E-state index in [2.05, 4.69) is 15.5 Å². The number of aliphatic carboxylic acids is 1. The van der Waals surface area contributed by atoms with Gasteiger partial charge in [-0.3, -0.25) is 19.6 Å². The van der Waals surface area contributed by atoms with Crippen molar-refractivity contribution in [1.82, 2.24) is 14.8 Å². The van der Waals surface area contributed by atoms with E-state index in [9.17, 15) is 14.7 Å². The summed E-state index contributed by atoms with van der Waals surface area (Å²) in [7, 11) is 0. The van der Waals surface area contributed by atoms with Crippen LogP contribution in [0.2, 0.25) is 0 Å². The fraction of sp³-hybridized carbons (Fsp3) is 0.238. The second-order valence-corrected chi connectivity index (χ2v) is 8.06. The average Bonchev–Trinajstić information content (AvgIpc) is 3.12. The molecule has 0 radical (unpaired) electrons. The fourth-order valence-corrected chi connectivity index (χ4v) is 4.33. The van der Waals surface area contributed by atoms with Crippen LogP contribution < -0.4 is 10.2 Å². The third-order valence-corrected chi connectivity index (χ3v) is 5.86. The molecule has 0 saturated carbocycles. The van der Waals surface area contributed by atoms with E-state index in [1.54, 1.807) is 47.0 Å². The average molecular weight is 456 g/mol. The van der Waals surface area contributed by atoms with Gasteiger partial charge in [-0.25, -0.2) is 4.79 Å². The first-order chi connectivity index (χ1) is 14.9. The van der Waals surface area contributed by atoms with Crippen molar-refractivity contribution in [3.8, 4) is 5.69 Å². The van der Waals surface area contributed by atoms with E-state index in [1.807, 2.05) is 11.0 Å². The molecule has 1 aliphatic rings. The van der Waals surface area contributed by atoms with E-state index in [0.717, 1.165) is 24.2 Å². The van der Waals surface area contributed by atoms with Crippen LogP contribution in [0, 0.1) is 9.54 Å². The Bertz CT molecular complexity index is 1200. The molecule has 2 aromatic carbocycles. The maximum absolute atomic E-state index is 12.7. The lowest BCUT2D eigenvalue weighted by Gasteiger charge is -2.34. The van der Waals surface area contributed by atoms with Crippen molar-refractivity contribution in [2.45, 2.75) is 25.3 Å². The molecule has 1 fully saturated rings. The highest BCUT2D eigenvalue weighted by Crippen LogP contribution is 2.25. The number of nitrogens with zero attached hydrogens (tertiary/aromatic N) is 2. The number of carboxylic acids is 1. The number of carboxylic acid groups (broad SMARTS) is 1. The van der Waals surface area contributed by atoms with Crippen molar-refractivity contribution in [3.05, 3.63) is 63.6 Å². The van der Waals surface area contributed by atoms with Gasteiger partial charge in [-0.15, -0.1) is 0 Å². The first kappa shape index (κ1) is 21.0. The lowest BCUT2D eigenvalue weighted by Crippen LogP contribution is -2.44. The van der Waals surface area contributed by atoms with Crippen molar-refractivity contribution in [2.24, 2.45) is 0 Å². The monoisotopic (exact) mass is 455 g/mol. The lowest BCUT2D eigenvalue weighted by atomic mass is 10.0. The van der Waals surface area contributed by atoms with Gasteiger partial charge in [0.25, 0.3) is 5.91 Å². The number of nitrogens with one attached hydrogen (secondary N) is 3. The Morgan fingerprint density at radius 2 is 1.71 bits per heavy atom. The zero-order valence-electron chi connectivity index (χ0n) is 16.5. The van der Waals surface area contributed by atoms with Crippen LogP contribution in [0.25, 0.3) is 5.69 Å². The Kier molecular flexibility index (Phi) is 6.01. The Morgan fingerprint density at radius 3 is 2.39 bits per heavy atom. The maximum atomic E-state index is 12.7. The van der Waals surface area contributed by atoms with Crippen LogP contribution in [-0.4, -0.2) is 44.3 Å². The molecule has 1 amide bonds. The van der Waals surface area contributed by atoms with Gasteiger partial charge in [0.05, 0.1) is 5.69 Å². The first-order valence-corrected chi connectivity index (χ1v) is 10.7. The summed E-state index contributed by atoms with van der Waals surface area (Å²) < 4.78 is 2.52. The topological polar surface area (TPSA) is 106 Å². The predicted molar refractivity (Wildman–Crippen MR) is 123 cm³/mol. The summed E-state index contributed by atoms with van der Waals surface area (Å²) in [6, 6.07) is 13.7. The minimum Gasteiger partial charge on any atom is -0.480 e. The molecule has 10 heteroatoms. The van der Waals surface area contributed by atoms with Gasteiger partial charge in [0, 0.05) is 23.5 Å². The summed E-state index contributed by atoms with van der Waals surface area (Å²) in [5.74, 6) is -1.08. The molecule has 160 valence electrons. The number of carbonyl (C=O) groups is 2. The molecular formula is C21H21N5O3S2. The van der Waals surface area contributed by atoms with Crippen LogP contribution in [0.4, 0.5) is 11.4 Å². The number of rotatable bonds is 5. The van der Waals surface area contributed by atoms with Gasteiger partial charge in [0.1, 0.15) is 6.04 Å². The molecule has 1 aromatic heterocycles. The zero-order valence-corrected chi connectivity index (χ0v) is 18.1. The molecule has 4 rings (SSSR count). The summed E-state index contributed by atoms with van der Waals surface area (Å²) in [5, 5.41) is 17.9.